The van der Waals surface area contributed by atoms with Crippen LogP contribution in [0.15, 0.2) is 42.5 Å². The first-order valence-electron chi connectivity index (χ1n) is 10.3. The normalized spacial score (nSPS) is 12.9. The Balaban J connectivity index is 1.87. The Morgan fingerprint density at radius 2 is 1.87 bits per heavy atom. The van der Waals surface area contributed by atoms with Crippen molar-refractivity contribution in [1.29, 1.82) is 0 Å². The summed E-state index contributed by atoms with van der Waals surface area (Å²) < 4.78 is 13.7. The van der Waals surface area contributed by atoms with Gasteiger partial charge in [0.2, 0.25) is 5.91 Å². The predicted octanol–water partition coefficient (Wildman–Crippen LogP) is 3.97. The highest BCUT2D eigenvalue weighted by molar-refractivity contribution is 5.89. The van der Waals surface area contributed by atoms with Gasteiger partial charge >= 0.3 is 6.03 Å². The highest BCUT2D eigenvalue weighted by atomic mass is 19.1. The van der Waals surface area contributed by atoms with Gasteiger partial charge in [-0.1, -0.05) is 12.1 Å². The van der Waals surface area contributed by atoms with E-state index in [0.717, 1.165) is 29.7 Å². The second kappa shape index (κ2) is 9.61. The summed E-state index contributed by atoms with van der Waals surface area (Å²) in [6, 6.07) is 11.7. The van der Waals surface area contributed by atoms with Crippen molar-refractivity contribution in [2.75, 3.05) is 30.9 Å². The molecule has 0 bridgehead atoms. The van der Waals surface area contributed by atoms with Crippen LogP contribution >= 0.6 is 0 Å². The van der Waals surface area contributed by atoms with Crippen LogP contribution in [0.4, 0.5) is 20.6 Å². The van der Waals surface area contributed by atoms with Gasteiger partial charge in [-0.15, -0.1) is 0 Å². The summed E-state index contributed by atoms with van der Waals surface area (Å²) in [5, 5.41) is 5.53. The van der Waals surface area contributed by atoms with Crippen molar-refractivity contribution in [1.82, 2.24) is 10.2 Å². The fraction of sp³-hybridized carbons (Fsp3) is 0.391. The van der Waals surface area contributed by atoms with E-state index in [1.807, 2.05) is 50.2 Å². The van der Waals surface area contributed by atoms with E-state index in [2.05, 4.69) is 10.6 Å². The minimum Gasteiger partial charge on any atom is -0.377 e. The third-order valence-corrected chi connectivity index (χ3v) is 5.02. The number of rotatable bonds is 8. The molecule has 160 valence electrons. The lowest BCUT2D eigenvalue weighted by atomic mass is 10.1. The lowest BCUT2D eigenvalue weighted by molar-refractivity contribution is -0.133. The van der Waals surface area contributed by atoms with E-state index < -0.39 is 0 Å². The summed E-state index contributed by atoms with van der Waals surface area (Å²) in [6.07, 6.45) is 1.80. The van der Waals surface area contributed by atoms with Crippen LogP contribution in [0.25, 0.3) is 0 Å². The van der Waals surface area contributed by atoms with E-state index in [0.29, 0.717) is 25.3 Å². The summed E-state index contributed by atoms with van der Waals surface area (Å²) in [5.74, 6) is -0.169. The maximum Gasteiger partial charge on any atom is 0.319 e. The molecule has 0 radical (unpaired) electrons. The molecule has 2 aromatic rings. The molecule has 0 saturated heterocycles. The van der Waals surface area contributed by atoms with E-state index in [1.165, 1.54) is 12.1 Å². The minimum absolute atomic E-state index is 0.0537. The first kappa shape index (κ1) is 21.6. The number of nitrogens with zero attached hydrogens (tertiary/aromatic N) is 2. The molecule has 1 fully saturated rings. The van der Waals surface area contributed by atoms with Gasteiger partial charge in [0.25, 0.3) is 0 Å². The van der Waals surface area contributed by atoms with Crippen molar-refractivity contribution in [2.45, 2.75) is 32.9 Å². The number of carbonyl (C=O) groups excluding carboxylic acids is 2. The van der Waals surface area contributed by atoms with Crippen molar-refractivity contribution in [2.24, 2.45) is 5.92 Å². The number of urea groups is 1. The van der Waals surface area contributed by atoms with Crippen LogP contribution in [0.1, 0.15) is 30.9 Å². The molecule has 7 heteroatoms. The fourth-order valence-corrected chi connectivity index (χ4v) is 3.42. The first-order chi connectivity index (χ1) is 14.4. The number of hydrogen-bond acceptors (Lipinski definition) is 3. The molecular weight excluding hydrogens is 383 g/mol. The number of halogens is 1. The van der Waals surface area contributed by atoms with Gasteiger partial charge in [-0.3, -0.25) is 4.79 Å². The lowest BCUT2D eigenvalue weighted by Crippen LogP contribution is -2.32. The van der Waals surface area contributed by atoms with E-state index in [9.17, 15) is 14.0 Å². The monoisotopic (exact) mass is 412 g/mol. The number of amides is 3. The molecule has 3 amide bonds. The van der Waals surface area contributed by atoms with E-state index in [-0.39, 0.29) is 23.7 Å². The summed E-state index contributed by atoms with van der Waals surface area (Å²) in [6.45, 7) is 3.11. The van der Waals surface area contributed by atoms with Gasteiger partial charge in [0.1, 0.15) is 5.82 Å². The van der Waals surface area contributed by atoms with Crippen molar-refractivity contribution in [3.8, 4) is 0 Å². The molecule has 1 aliphatic rings. The second-order valence-corrected chi connectivity index (χ2v) is 7.82. The zero-order valence-corrected chi connectivity index (χ0v) is 17.7. The Morgan fingerprint density at radius 3 is 2.50 bits per heavy atom. The van der Waals surface area contributed by atoms with Crippen LogP contribution < -0.4 is 15.5 Å². The molecule has 3 rings (SSSR count). The number of hydrogen-bond donors (Lipinski definition) is 2. The predicted molar refractivity (Wildman–Crippen MR) is 117 cm³/mol. The average Bonchev–Trinajstić information content (AvgIpc) is 3.52. The van der Waals surface area contributed by atoms with Crippen LogP contribution in [-0.4, -0.2) is 37.5 Å². The Hall–Kier alpha value is -3.09. The summed E-state index contributed by atoms with van der Waals surface area (Å²) in [4.78, 5) is 28.6. The highest BCUT2D eigenvalue weighted by Gasteiger charge is 2.33. The van der Waals surface area contributed by atoms with E-state index in [4.69, 9.17) is 0 Å². The minimum atomic E-state index is -0.312. The SMILES string of the molecule is CCNC(=O)Nc1ccc(N(C)C)c(CN(Cc2cccc(F)c2)C(=O)C2CC2)c1. The number of carbonyl (C=O) groups is 2. The number of benzene rings is 2. The van der Waals surface area contributed by atoms with Gasteiger partial charge in [-0.05, 0) is 61.2 Å². The molecule has 6 nitrogen and oxygen atoms in total. The number of anilines is 2. The zero-order valence-electron chi connectivity index (χ0n) is 17.7. The van der Waals surface area contributed by atoms with Crippen molar-refractivity contribution < 1.29 is 14.0 Å². The van der Waals surface area contributed by atoms with E-state index >= 15 is 0 Å². The molecule has 0 aliphatic heterocycles. The van der Waals surface area contributed by atoms with E-state index in [1.54, 1.807) is 11.0 Å². The molecule has 2 aromatic carbocycles. The average molecular weight is 413 g/mol. The summed E-state index contributed by atoms with van der Waals surface area (Å²) in [7, 11) is 3.88. The van der Waals surface area contributed by atoms with Gasteiger partial charge < -0.3 is 20.4 Å². The molecule has 1 saturated carbocycles. The molecular formula is C23H29FN4O2. The molecule has 2 N–H and O–H groups in total. The quantitative estimate of drug-likeness (QED) is 0.690. The molecule has 0 atom stereocenters. The fourth-order valence-electron chi connectivity index (χ4n) is 3.42. The molecule has 1 aliphatic carbocycles. The van der Waals surface area contributed by atoms with Gasteiger partial charge in [-0.25, -0.2) is 9.18 Å². The third kappa shape index (κ3) is 5.72. The second-order valence-electron chi connectivity index (χ2n) is 7.82. The highest BCUT2D eigenvalue weighted by Crippen LogP contribution is 2.33. The van der Waals surface area contributed by atoms with Gasteiger partial charge in [0.05, 0.1) is 0 Å². The third-order valence-electron chi connectivity index (χ3n) is 5.02. The van der Waals surface area contributed by atoms with Gasteiger partial charge in [-0.2, -0.15) is 0 Å². The maximum absolute atomic E-state index is 13.7. The topological polar surface area (TPSA) is 64.7 Å². The molecule has 0 heterocycles. The van der Waals surface area contributed by atoms with Crippen molar-refractivity contribution in [3.63, 3.8) is 0 Å². The zero-order chi connectivity index (χ0) is 21.7. The Bertz CT molecular complexity index is 912. The van der Waals surface area contributed by atoms with Crippen LogP contribution in [-0.2, 0) is 17.9 Å². The maximum atomic E-state index is 13.7. The van der Waals surface area contributed by atoms with Crippen LogP contribution in [0.5, 0.6) is 0 Å². The van der Waals surface area contributed by atoms with Crippen molar-refractivity contribution in [3.05, 3.63) is 59.4 Å². The van der Waals surface area contributed by atoms with Crippen molar-refractivity contribution >= 4 is 23.3 Å². The summed E-state index contributed by atoms with van der Waals surface area (Å²) in [5.41, 5.74) is 3.29. The molecule has 0 unspecified atom stereocenters. The van der Waals surface area contributed by atoms with Crippen LogP contribution in [0, 0.1) is 11.7 Å². The lowest BCUT2D eigenvalue weighted by Gasteiger charge is -2.26. The van der Waals surface area contributed by atoms with Gasteiger partial charge in [0.15, 0.2) is 0 Å². The molecule has 30 heavy (non-hydrogen) atoms. The summed E-state index contributed by atoms with van der Waals surface area (Å²) >= 11 is 0. The van der Waals surface area contributed by atoms with Crippen LogP contribution in [0.2, 0.25) is 0 Å². The number of nitrogens with one attached hydrogen (secondary N) is 2. The smallest absolute Gasteiger partial charge is 0.319 e. The first-order valence-corrected chi connectivity index (χ1v) is 10.3. The Kier molecular flexibility index (Phi) is 6.92. The van der Waals surface area contributed by atoms with Gasteiger partial charge in [0, 0.05) is 51.0 Å². The standard InChI is InChI=1S/C23H29FN4O2/c1-4-25-23(30)26-20-10-11-21(27(2)3)18(13-20)15-28(22(29)17-8-9-17)14-16-6-5-7-19(24)12-16/h5-7,10-13,17H,4,8-9,14-15H2,1-3H3,(H2,25,26,30). The Morgan fingerprint density at radius 1 is 1.10 bits per heavy atom. The molecule has 0 aromatic heterocycles. The van der Waals surface area contributed by atoms with Crippen LogP contribution in [0.3, 0.4) is 0 Å². The molecule has 0 spiro atoms. The largest absolute Gasteiger partial charge is 0.377 e. The Labute approximate surface area is 177 Å².